The van der Waals surface area contributed by atoms with Gasteiger partial charge >= 0.3 is 6.03 Å². The standard InChI is InChI=1S/C23H29ClN4O2/c1-16-8-7-9-17(2)22(16)26-21(29)15-27(3)23(30)25-18-10-11-20(19(24)14-18)28-12-5-4-6-13-28/h7-11,14H,4-6,12-13,15H2,1-3H3,(H,25,30)(H,26,29). The van der Waals surface area contributed by atoms with Gasteiger partial charge in [-0.25, -0.2) is 4.79 Å². The summed E-state index contributed by atoms with van der Waals surface area (Å²) in [4.78, 5) is 28.5. The Morgan fingerprint density at radius 3 is 2.33 bits per heavy atom. The molecule has 160 valence electrons. The number of hydrogen-bond donors (Lipinski definition) is 2. The van der Waals surface area contributed by atoms with Crippen molar-refractivity contribution in [2.24, 2.45) is 0 Å². The molecular formula is C23H29ClN4O2. The number of rotatable bonds is 5. The largest absolute Gasteiger partial charge is 0.370 e. The van der Waals surface area contributed by atoms with Crippen LogP contribution in [0.1, 0.15) is 30.4 Å². The Kier molecular flexibility index (Phi) is 7.21. The first-order valence-corrected chi connectivity index (χ1v) is 10.7. The third-order valence-electron chi connectivity index (χ3n) is 5.37. The Balaban J connectivity index is 1.57. The normalized spacial score (nSPS) is 13.7. The molecule has 7 heteroatoms. The minimum Gasteiger partial charge on any atom is -0.370 e. The van der Waals surface area contributed by atoms with Gasteiger partial charge in [-0.15, -0.1) is 0 Å². The lowest BCUT2D eigenvalue weighted by Gasteiger charge is -2.29. The van der Waals surface area contributed by atoms with Gasteiger partial charge in [0.15, 0.2) is 0 Å². The predicted molar refractivity (Wildman–Crippen MR) is 124 cm³/mol. The fourth-order valence-corrected chi connectivity index (χ4v) is 3.97. The second kappa shape index (κ2) is 9.85. The van der Waals surface area contributed by atoms with Crippen molar-refractivity contribution in [3.05, 3.63) is 52.5 Å². The van der Waals surface area contributed by atoms with Crippen molar-refractivity contribution < 1.29 is 9.59 Å². The van der Waals surface area contributed by atoms with Crippen molar-refractivity contribution in [3.63, 3.8) is 0 Å². The zero-order valence-electron chi connectivity index (χ0n) is 17.8. The summed E-state index contributed by atoms with van der Waals surface area (Å²) in [7, 11) is 1.59. The van der Waals surface area contributed by atoms with Crippen LogP contribution in [0.3, 0.4) is 0 Å². The number of aryl methyl sites for hydroxylation is 2. The summed E-state index contributed by atoms with van der Waals surface area (Å²) in [5.74, 6) is -0.247. The van der Waals surface area contributed by atoms with Gasteiger partial charge in [0.1, 0.15) is 6.54 Å². The van der Waals surface area contributed by atoms with E-state index in [0.29, 0.717) is 10.7 Å². The number of urea groups is 1. The number of hydrogen-bond acceptors (Lipinski definition) is 3. The van der Waals surface area contributed by atoms with E-state index in [1.54, 1.807) is 13.1 Å². The maximum atomic E-state index is 12.5. The molecule has 1 fully saturated rings. The summed E-state index contributed by atoms with van der Waals surface area (Å²) in [5.41, 5.74) is 4.36. The van der Waals surface area contributed by atoms with Crippen LogP contribution < -0.4 is 15.5 Å². The van der Waals surface area contributed by atoms with E-state index in [9.17, 15) is 9.59 Å². The first-order valence-electron chi connectivity index (χ1n) is 10.3. The van der Waals surface area contributed by atoms with Crippen LogP contribution in [0.2, 0.25) is 5.02 Å². The average molecular weight is 429 g/mol. The van der Waals surface area contributed by atoms with Crippen LogP contribution in [-0.2, 0) is 4.79 Å². The molecule has 6 nitrogen and oxygen atoms in total. The molecule has 0 radical (unpaired) electrons. The number of piperidine rings is 1. The third-order valence-corrected chi connectivity index (χ3v) is 5.67. The molecule has 0 aliphatic carbocycles. The van der Waals surface area contributed by atoms with Crippen molar-refractivity contribution in [1.82, 2.24) is 4.90 Å². The lowest BCUT2D eigenvalue weighted by atomic mass is 10.1. The molecule has 0 spiro atoms. The van der Waals surface area contributed by atoms with E-state index >= 15 is 0 Å². The highest BCUT2D eigenvalue weighted by Crippen LogP contribution is 2.31. The SMILES string of the molecule is Cc1cccc(C)c1NC(=O)CN(C)C(=O)Nc1ccc(N2CCCCC2)c(Cl)c1. The fourth-order valence-electron chi connectivity index (χ4n) is 3.67. The molecule has 2 N–H and O–H groups in total. The van der Waals surface area contributed by atoms with Crippen LogP contribution >= 0.6 is 11.6 Å². The summed E-state index contributed by atoms with van der Waals surface area (Å²) in [6.45, 7) is 5.83. The highest BCUT2D eigenvalue weighted by Gasteiger charge is 2.17. The second-order valence-electron chi connectivity index (χ2n) is 7.82. The molecule has 3 amide bonds. The van der Waals surface area contributed by atoms with Gasteiger partial charge in [0.25, 0.3) is 0 Å². The fraction of sp³-hybridized carbons (Fsp3) is 0.391. The van der Waals surface area contributed by atoms with Gasteiger partial charge in [0.05, 0.1) is 10.7 Å². The van der Waals surface area contributed by atoms with Crippen LogP contribution in [0.15, 0.2) is 36.4 Å². The van der Waals surface area contributed by atoms with Crippen LogP contribution in [0.5, 0.6) is 0 Å². The number of benzene rings is 2. The van der Waals surface area contributed by atoms with Gasteiger partial charge in [-0.1, -0.05) is 29.8 Å². The highest BCUT2D eigenvalue weighted by atomic mass is 35.5. The summed E-state index contributed by atoms with van der Waals surface area (Å²) < 4.78 is 0. The minimum atomic E-state index is -0.367. The number of nitrogens with zero attached hydrogens (tertiary/aromatic N) is 2. The van der Waals surface area contributed by atoms with Gasteiger partial charge in [-0.2, -0.15) is 0 Å². The molecular weight excluding hydrogens is 400 g/mol. The number of carbonyl (C=O) groups excluding carboxylic acids is 2. The average Bonchev–Trinajstić information content (AvgIpc) is 2.71. The molecule has 1 heterocycles. The Morgan fingerprint density at radius 2 is 1.70 bits per heavy atom. The molecule has 0 unspecified atom stereocenters. The van der Waals surface area contributed by atoms with Gasteiger partial charge in [0.2, 0.25) is 5.91 Å². The van der Waals surface area contributed by atoms with Crippen molar-refractivity contribution in [3.8, 4) is 0 Å². The number of halogens is 1. The summed E-state index contributed by atoms with van der Waals surface area (Å²) >= 11 is 6.46. The van der Waals surface area contributed by atoms with E-state index in [1.165, 1.54) is 24.2 Å². The van der Waals surface area contributed by atoms with E-state index in [1.807, 2.05) is 44.2 Å². The molecule has 0 atom stereocenters. The van der Waals surface area contributed by atoms with Crippen molar-refractivity contribution in [1.29, 1.82) is 0 Å². The van der Waals surface area contributed by atoms with Crippen molar-refractivity contribution >= 4 is 40.6 Å². The van der Waals surface area contributed by atoms with E-state index < -0.39 is 0 Å². The molecule has 2 aromatic rings. The van der Waals surface area contributed by atoms with Crippen molar-refractivity contribution in [2.75, 3.05) is 42.2 Å². The minimum absolute atomic E-state index is 0.0563. The number of anilines is 3. The molecule has 2 aromatic carbocycles. The molecule has 3 rings (SSSR count). The number of carbonyl (C=O) groups is 2. The molecule has 1 saturated heterocycles. The molecule has 1 aliphatic rings. The van der Waals surface area contributed by atoms with Crippen LogP contribution in [0.4, 0.5) is 21.9 Å². The Bertz CT molecular complexity index is 905. The predicted octanol–water partition coefficient (Wildman–Crippen LogP) is 5.05. The van der Waals surface area contributed by atoms with Crippen molar-refractivity contribution in [2.45, 2.75) is 33.1 Å². The Hall–Kier alpha value is -2.73. The summed E-state index contributed by atoms with van der Waals surface area (Å²) in [5, 5.41) is 6.32. The quantitative estimate of drug-likeness (QED) is 0.700. The topological polar surface area (TPSA) is 64.7 Å². The first-order chi connectivity index (χ1) is 14.3. The lowest BCUT2D eigenvalue weighted by molar-refractivity contribution is -0.116. The molecule has 0 bridgehead atoms. The molecule has 0 saturated carbocycles. The maximum absolute atomic E-state index is 12.5. The molecule has 30 heavy (non-hydrogen) atoms. The van der Waals surface area contributed by atoms with Gasteiger partial charge in [-0.05, 0) is 62.4 Å². The van der Waals surface area contributed by atoms with E-state index in [4.69, 9.17) is 11.6 Å². The third kappa shape index (κ3) is 5.45. The Morgan fingerprint density at radius 1 is 1.03 bits per heavy atom. The number of amides is 3. The summed E-state index contributed by atoms with van der Waals surface area (Å²) in [6, 6.07) is 11.0. The van der Waals surface area contributed by atoms with Gasteiger partial charge < -0.3 is 20.4 Å². The van der Waals surface area contributed by atoms with Gasteiger partial charge in [0, 0.05) is 31.5 Å². The number of para-hydroxylation sites is 1. The molecule has 0 aromatic heterocycles. The second-order valence-corrected chi connectivity index (χ2v) is 8.22. The first kappa shape index (κ1) is 22.0. The summed E-state index contributed by atoms with van der Waals surface area (Å²) in [6.07, 6.45) is 3.60. The monoisotopic (exact) mass is 428 g/mol. The highest BCUT2D eigenvalue weighted by molar-refractivity contribution is 6.33. The number of nitrogens with one attached hydrogen (secondary N) is 2. The molecule has 1 aliphatic heterocycles. The van der Waals surface area contributed by atoms with E-state index in [-0.39, 0.29) is 18.5 Å². The Labute approximate surface area is 183 Å². The van der Waals surface area contributed by atoms with Crippen LogP contribution in [0.25, 0.3) is 0 Å². The van der Waals surface area contributed by atoms with E-state index in [2.05, 4.69) is 15.5 Å². The number of likely N-dealkylation sites (N-methyl/N-ethyl adjacent to an activating group) is 1. The van der Waals surface area contributed by atoms with Gasteiger partial charge in [-0.3, -0.25) is 4.79 Å². The maximum Gasteiger partial charge on any atom is 0.322 e. The van der Waals surface area contributed by atoms with Crippen LogP contribution in [-0.4, -0.2) is 43.5 Å². The zero-order valence-corrected chi connectivity index (χ0v) is 18.6. The van der Waals surface area contributed by atoms with E-state index in [0.717, 1.165) is 35.6 Å². The lowest BCUT2D eigenvalue weighted by Crippen LogP contribution is -2.37. The zero-order chi connectivity index (χ0) is 21.7. The van der Waals surface area contributed by atoms with Crippen LogP contribution in [0, 0.1) is 13.8 Å². The smallest absolute Gasteiger partial charge is 0.322 e.